The lowest BCUT2D eigenvalue weighted by atomic mass is 9.33. The Balaban J connectivity index is 1.23. The molecule has 0 atom stereocenters. The topological polar surface area (TPSA) is 6.48 Å². The van der Waals surface area contributed by atoms with Gasteiger partial charge in [0.25, 0.3) is 6.71 Å². The SMILES string of the molecule is Cc1cc2c3c(c1)N(c1ccc4c(c1)C(C)(C)CCC4(C)C)c1sc4cc5c(cc4c1B3c1cc(C(C)(C)C)ccc1N2c1cc2c(cc1-c1ccccc1)C(C)(C)CCC2(C)C)C(C)(C)CCC5(C)C. The van der Waals surface area contributed by atoms with Crippen molar-refractivity contribution >= 4 is 78.0 Å². The summed E-state index contributed by atoms with van der Waals surface area (Å²) in [6, 6.07) is 42.1. The number of benzene rings is 6. The normalized spacial score (nSPS) is 20.4. The second kappa shape index (κ2) is 15.0. The van der Waals surface area contributed by atoms with Gasteiger partial charge in [0, 0.05) is 33.0 Å². The van der Waals surface area contributed by atoms with Crippen molar-refractivity contribution in [1.29, 1.82) is 0 Å². The minimum atomic E-state index is -0.0362. The molecule has 0 fully saturated rings. The summed E-state index contributed by atoms with van der Waals surface area (Å²) in [6.45, 7) is 39.3. The summed E-state index contributed by atoms with van der Waals surface area (Å²) in [5.74, 6) is 0. The van der Waals surface area contributed by atoms with Crippen LogP contribution in [-0.4, -0.2) is 6.71 Å². The van der Waals surface area contributed by atoms with Crippen molar-refractivity contribution in [2.24, 2.45) is 0 Å². The molecular formula is C67H77BN2S. The molecule has 71 heavy (non-hydrogen) atoms. The number of nitrogens with zero attached hydrogens (tertiary/aromatic N) is 2. The van der Waals surface area contributed by atoms with Crippen LogP contribution in [0.3, 0.4) is 0 Å². The minimum Gasteiger partial charge on any atom is -0.311 e. The maximum atomic E-state index is 2.74. The van der Waals surface area contributed by atoms with E-state index in [4.69, 9.17) is 0 Å². The first kappa shape index (κ1) is 47.0. The molecule has 0 saturated carbocycles. The standard InChI is InChI=1S/C67H77BN2S/c1-40-32-55-59-56(33-40)70(54-38-50-48(64(9,10)28-30-66(50,13)14)36-44(54)41-20-18-17-19-21-41)53-25-22-42(61(2,3)4)34-52(53)68(59)58-45-37-49-51(67(15,16)31-29-65(49,11)12)39-57(45)71-60(58)69(55)43-23-24-46-47(35-43)63(7,8)27-26-62(46,5)6/h17-25,32-39H,26-31H2,1-16H3. The Morgan fingerprint density at radius 2 is 0.986 bits per heavy atom. The number of hydrogen-bond donors (Lipinski definition) is 0. The predicted molar refractivity (Wildman–Crippen MR) is 311 cm³/mol. The van der Waals surface area contributed by atoms with Gasteiger partial charge in [0.1, 0.15) is 0 Å². The summed E-state index contributed by atoms with van der Waals surface area (Å²) in [7, 11) is 0. The summed E-state index contributed by atoms with van der Waals surface area (Å²) < 4.78 is 1.41. The number of fused-ring (bicyclic) bond motifs is 9. The molecule has 0 bridgehead atoms. The Hall–Kier alpha value is -5.06. The largest absolute Gasteiger partial charge is 0.311 e. The molecule has 0 unspecified atom stereocenters. The highest BCUT2D eigenvalue weighted by Gasteiger charge is 2.49. The summed E-state index contributed by atoms with van der Waals surface area (Å²) in [5.41, 5.74) is 25.6. The molecule has 1 aromatic heterocycles. The van der Waals surface area contributed by atoms with Crippen molar-refractivity contribution in [3.05, 3.63) is 148 Å². The first-order valence-electron chi connectivity index (χ1n) is 27.1. The molecular weight excluding hydrogens is 876 g/mol. The van der Waals surface area contributed by atoms with E-state index < -0.39 is 0 Å². The third-order valence-electron chi connectivity index (χ3n) is 19.1. The third kappa shape index (κ3) is 6.98. The van der Waals surface area contributed by atoms with E-state index in [2.05, 4.69) is 224 Å². The fraction of sp³-hybridized carbons (Fsp3) is 0.433. The fourth-order valence-corrected chi connectivity index (χ4v) is 15.3. The number of aryl methyl sites for hydroxylation is 1. The smallest absolute Gasteiger partial charge is 0.254 e. The first-order chi connectivity index (χ1) is 33.2. The maximum absolute atomic E-state index is 2.74. The maximum Gasteiger partial charge on any atom is 0.254 e. The summed E-state index contributed by atoms with van der Waals surface area (Å²) >= 11 is 2.04. The van der Waals surface area contributed by atoms with Crippen molar-refractivity contribution in [1.82, 2.24) is 0 Å². The predicted octanol–water partition coefficient (Wildman–Crippen LogP) is 17.3. The summed E-state index contributed by atoms with van der Waals surface area (Å²) in [6.07, 6.45) is 7.13. The van der Waals surface area contributed by atoms with E-state index in [1.807, 2.05) is 11.3 Å². The molecule has 0 saturated heterocycles. The molecule has 6 aromatic carbocycles. The summed E-state index contributed by atoms with van der Waals surface area (Å²) in [5, 5.41) is 2.81. The molecule has 0 spiro atoms. The Kier molecular flexibility index (Phi) is 9.94. The first-order valence-corrected chi connectivity index (χ1v) is 27.9. The third-order valence-corrected chi connectivity index (χ3v) is 20.2. The van der Waals surface area contributed by atoms with E-state index in [0.29, 0.717) is 0 Å². The Labute approximate surface area is 431 Å². The van der Waals surface area contributed by atoms with Crippen molar-refractivity contribution in [2.45, 2.75) is 187 Å². The van der Waals surface area contributed by atoms with Crippen LogP contribution in [0, 0.1) is 6.92 Å². The summed E-state index contributed by atoms with van der Waals surface area (Å²) in [4.78, 5) is 5.47. The second-order valence-electron chi connectivity index (χ2n) is 27.9. The van der Waals surface area contributed by atoms with Gasteiger partial charge in [-0.3, -0.25) is 0 Å². The van der Waals surface area contributed by atoms with Gasteiger partial charge in [0.2, 0.25) is 0 Å². The van der Waals surface area contributed by atoms with Gasteiger partial charge in [-0.05, 0) is 210 Å². The van der Waals surface area contributed by atoms with Crippen LogP contribution >= 0.6 is 11.3 Å². The van der Waals surface area contributed by atoms with E-state index in [1.54, 1.807) is 0 Å². The lowest BCUT2D eigenvalue weighted by Gasteiger charge is -2.46. The van der Waals surface area contributed by atoms with Gasteiger partial charge in [-0.15, -0.1) is 11.3 Å². The van der Waals surface area contributed by atoms with E-state index >= 15 is 0 Å². The zero-order valence-corrected chi connectivity index (χ0v) is 46.8. The van der Waals surface area contributed by atoms with Crippen LogP contribution in [0.15, 0.2) is 103 Å². The van der Waals surface area contributed by atoms with E-state index in [1.165, 1.54) is 154 Å². The molecule has 5 aliphatic rings. The van der Waals surface area contributed by atoms with Crippen LogP contribution in [-0.2, 0) is 37.9 Å². The lowest BCUT2D eigenvalue weighted by Crippen LogP contribution is -2.61. The quantitative estimate of drug-likeness (QED) is 0.163. The molecule has 0 radical (unpaired) electrons. The number of hydrogen-bond acceptors (Lipinski definition) is 3. The van der Waals surface area contributed by atoms with E-state index in [-0.39, 0.29) is 44.6 Å². The zero-order valence-electron chi connectivity index (χ0n) is 45.9. The van der Waals surface area contributed by atoms with E-state index in [9.17, 15) is 0 Å². The fourth-order valence-electron chi connectivity index (χ4n) is 14.1. The average Bonchev–Trinajstić information content (AvgIpc) is 3.68. The molecule has 7 aromatic rings. The van der Waals surface area contributed by atoms with Crippen LogP contribution in [0.4, 0.5) is 33.4 Å². The molecule has 2 aliphatic heterocycles. The molecule has 0 N–H and O–H groups in total. The highest BCUT2D eigenvalue weighted by Crippen LogP contribution is 2.56. The monoisotopic (exact) mass is 953 g/mol. The molecule has 0 amide bonds. The van der Waals surface area contributed by atoms with Gasteiger partial charge in [-0.25, -0.2) is 0 Å². The van der Waals surface area contributed by atoms with Crippen LogP contribution in [0.2, 0.25) is 0 Å². The van der Waals surface area contributed by atoms with Gasteiger partial charge < -0.3 is 9.80 Å². The molecule has 12 rings (SSSR count). The molecule has 3 heterocycles. The van der Waals surface area contributed by atoms with Crippen LogP contribution in [0.25, 0.3) is 21.2 Å². The van der Waals surface area contributed by atoms with Gasteiger partial charge in [0.15, 0.2) is 0 Å². The van der Waals surface area contributed by atoms with Crippen LogP contribution < -0.4 is 26.2 Å². The average molecular weight is 953 g/mol. The minimum absolute atomic E-state index is 0.0353. The van der Waals surface area contributed by atoms with Gasteiger partial charge in [-0.2, -0.15) is 0 Å². The molecule has 4 heteroatoms. The number of rotatable bonds is 3. The van der Waals surface area contributed by atoms with Gasteiger partial charge >= 0.3 is 0 Å². The Morgan fingerprint density at radius 3 is 1.58 bits per heavy atom. The van der Waals surface area contributed by atoms with Gasteiger partial charge in [-0.1, -0.05) is 152 Å². The van der Waals surface area contributed by atoms with Crippen LogP contribution in [0.5, 0.6) is 0 Å². The van der Waals surface area contributed by atoms with Crippen LogP contribution in [0.1, 0.15) is 187 Å². The van der Waals surface area contributed by atoms with Crippen molar-refractivity contribution in [3.63, 3.8) is 0 Å². The highest BCUT2D eigenvalue weighted by molar-refractivity contribution is 7.26. The van der Waals surface area contributed by atoms with Crippen molar-refractivity contribution < 1.29 is 0 Å². The number of thiophene rings is 1. The van der Waals surface area contributed by atoms with Crippen molar-refractivity contribution in [3.8, 4) is 11.1 Å². The van der Waals surface area contributed by atoms with Gasteiger partial charge in [0.05, 0.1) is 10.7 Å². The van der Waals surface area contributed by atoms with Crippen molar-refractivity contribution in [2.75, 3.05) is 9.80 Å². The second-order valence-corrected chi connectivity index (χ2v) is 28.9. The Morgan fingerprint density at radius 1 is 0.465 bits per heavy atom. The lowest BCUT2D eigenvalue weighted by molar-refractivity contribution is 0.332. The Bertz CT molecular complexity index is 3390. The number of anilines is 6. The molecule has 3 aliphatic carbocycles. The van der Waals surface area contributed by atoms with E-state index in [0.717, 1.165) is 0 Å². The molecule has 2 nitrogen and oxygen atoms in total. The molecule has 364 valence electrons. The zero-order chi connectivity index (χ0) is 50.3. The highest BCUT2D eigenvalue weighted by atomic mass is 32.1.